The van der Waals surface area contributed by atoms with Gasteiger partial charge in [-0.15, -0.1) is 0 Å². The molecule has 0 atom stereocenters. The summed E-state index contributed by atoms with van der Waals surface area (Å²) in [7, 11) is 3.29. The van der Waals surface area contributed by atoms with Gasteiger partial charge in [0, 0.05) is 0 Å². The summed E-state index contributed by atoms with van der Waals surface area (Å²) in [6.45, 7) is 0.478. The molecule has 0 radical (unpaired) electrons. The first-order valence-corrected chi connectivity index (χ1v) is 5.45. The van der Waals surface area contributed by atoms with Crippen LogP contribution in [0.1, 0.15) is 6.42 Å². The molecular formula is C7H20N2O4S. The maximum Gasteiger partial charge on any atom is 0.399 e. The lowest BCUT2D eigenvalue weighted by Crippen LogP contribution is -2.11. The summed E-state index contributed by atoms with van der Waals surface area (Å²) in [5.41, 5.74) is 5.08. The molecule has 0 aliphatic rings. The molecule has 2 N–H and O–H groups in total. The van der Waals surface area contributed by atoms with Crippen LogP contribution in [0.2, 0.25) is 0 Å². The summed E-state index contributed by atoms with van der Waals surface area (Å²) in [5.74, 6) is 0. The first-order valence-electron chi connectivity index (χ1n) is 4.11. The minimum atomic E-state index is -3.75. The maximum atomic E-state index is 10.4. The SMILES string of the molecule is CN(C)C.COS(=O)(=O)OCCCN. The van der Waals surface area contributed by atoms with Crippen LogP contribution in [0.25, 0.3) is 0 Å². The zero-order valence-electron chi connectivity index (χ0n) is 9.19. The molecular weight excluding hydrogens is 208 g/mol. The molecule has 0 aromatic heterocycles. The normalized spacial score (nSPS) is 11.0. The minimum Gasteiger partial charge on any atom is -0.330 e. The molecule has 0 saturated heterocycles. The van der Waals surface area contributed by atoms with Crippen molar-refractivity contribution in [3.8, 4) is 0 Å². The molecule has 0 aliphatic heterocycles. The fourth-order valence-electron chi connectivity index (χ4n) is 0.292. The Kier molecular flexibility index (Phi) is 10.8. The minimum absolute atomic E-state index is 0.0761. The second-order valence-corrected chi connectivity index (χ2v) is 4.27. The summed E-state index contributed by atoms with van der Waals surface area (Å²) < 4.78 is 29.1. The lowest BCUT2D eigenvalue weighted by molar-refractivity contribution is 0.242. The first-order chi connectivity index (χ1) is 6.35. The van der Waals surface area contributed by atoms with Gasteiger partial charge < -0.3 is 10.6 Å². The molecule has 0 rings (SSSR count). The van der Waals surface area contributed by atoms with Crippen molar-refractivity contribution < 1.29 is 16.8 Å². The van der Waals surface area contributed by atoms with Gasteiger partial charge in [0.25, 0.3) is 0 Å². The highest BCUT2D eigenvalue weighted by molar-refractivity contribution is 7.81. The van der Waals surface area contributed by atoms with Gasteiger partial charge in [-0.3, -0.25) is 4.18 Å². The Morgan fingerprint density at radius 2 is 1.71 bits per heavy atom. The first kappa shape index (κ1) is 16.2. The van der Waals surface area contributed by atoms with Crippen molar-refractivity contribution in [2.45, 2.75) is 6.42 Å². The molecule has 0 spiro atoms. The van der Waals surface area contributed by atoms with Gasteiger partial charge in [0.05, 0.1) is 13.7 Å². The van der Waals surface area contributed by atoms with Crippen molar-refractivity contribution in [3.63, 3.8) is 0 Å². The van der Waals surface area contributed by atoms with Gasteiger partial charge in [0.1, 0.15) is 0 Å². The van der Waals surface area contributed by atoms with Gasteiger partial charge in [0.2, 0.25) is 0 Å². The van der Waals surface area contributed by atoms with Crippen LogP contribution in [-0.2, 0) is 18.8 Å². The molecule has 0 heterocycles. The molecule has 0 aliphatic carbocycles. The Labute approximate surface area is 86.3 Å². The zero-order valence-corrected chi connectivity index (χ0v) is 10.0. The summed E-state index contributed by atoms with van der Waals surface area (Å²) in [5, 5.41) is 0. The second-order valence-electron chi connectivity index (χ2n) is 2.88. The Morgan fingerprint density at radius 3 is 2.00 bits per heavy atom. The molecule has 0 aromatic rings. The van der Waals surface area contributed by atoms with Gasteiger partial charge in [-0.25, -0.2) is 4.18 Å². The van der Waals surface area contributed by atoms with Crippen LogP contribution in [0.15, 0.2) is 0 Å². The van der Waals surface area contributed by atoms with Gasteiger partial charge in [-0.1, -0.05) is 0 Å². The highest BCUT2D eigenvalue weighted by Gasteiger charge is 2.06. The van der Waals surface area contributed by atoms with Crippen molar-refractivity contribution in [1.29, 1.82) is 0 Å². The van der Waals surface area contributed by atoms with Gasteiger partial charge >= 0.3 is 10.4 Å². The van der Waals surface area contributed by atoms with Crippen LogP contribution in [0, 0.1) is 0 Å². The average Bonchev–Trinajstić information content (AvgIpc) is 2.04. The van der Waals surface area contributed by atoms with Crippen molar-refractivity contribution in [3.05, 3.63) is 0 Å². The van der Waals surface area contributed by atoms with E-state index in [1.807, 2.05) is 26.0 Å². The third-order valence-corrected chi connectivity index (χ3v) is 1.64. The quantitative estimate of drug-likeness (QED) is 0.634. The summed E-state index contributed by atoms with van der Waals surface area (Å²) >= 11 is 0. The van der Waals surface area contributed by atoms with Crippen LogP contribution < -0.4 is 5.73 Å². The van der Waals surface area contributed by atoms with E-state index in [1.165, 1.54) is 0 Å². The highest BCUT2D eigenvalue weighted by atomic mass is 32.3. The van der Waals surface area contributed by atoms with E-state index < -0.39 is 10.4 Å². The molecule has 88 valence electrons. The molecule has 6 nitrogen and oxygen atoms in total. The fraction of sp³-hybridized carbons (Fsp3) is 1.00. The van der Waals surface area contributed by atoms with E-state index in [4.69, 9.17) is 5.73 Å². The van der Waals surface area contributed by atoms with Gasteiger partial charge in [-0.2, -0.15) is 8.42 Å². The van der Waals surface area contributed by atoms with E-state index in [0.717, 1.165) is 7.11 Å². The second kappa shape index (κ2) is 9.35. The molecule has 0 fully saturated rings. The molecule has 0 amide bonds. The molecule has 14 heavy (non-hydrogen) atoms. The standard InChI is InChI=1S/C4H11NO4S.C3H9N/c1-8-10(6,7)9-4-2-3-5;1-4(2)3/h2-5H2,1H3;1-3H3. The van der Waals surface area contributed by atoms with E-state index >= 15 is 0 Å². The number of hydrogen-bond acceptors (Lipinski definition) is 6. The predicted molar refractivity (Wildman–Crippen MR) is 55.2 cm³/mol. The molecule has 0 bridgehead atoms. The highest BCUT2D eigenvalue weighted by Crippen LogP contribution is 1.92. The number of nitrogens with two attached hydrogens (primary N) is 1. The van der Waals surface area contributed by atoms with E-state index in [0.29, 0.717) is 13.0 Å². The summed E-state index contributed by atoms with van der Waals surface area (Å²) in [4.78, 5) is 2.00. The van der Waals surface area contributed by atoms with Gasteiger partial charge in [0.15, 0.2) is 0 Å². The number of nitrogens with zero attached hydrogens (tertiary/aromatic N) is 1. The Morgan fingerprint density at radius 1 is 1.29 bits per heavy atom. The van der Waals surface area contributed by atoms with Crippen molar-refractivity contribution >= 4 is 10.4 Å². The Balaban J connectivity index is 0. The largest absolute Gasteiger partial charge is 0.399 e. The van der Waals surface area contributed by atoms with Crippen LogP contribution >= 0.6 is 0 Å². The third kappa shape index (κ3) is 17.8. The third-order valence-electron chi connectivity index (χ3n) is 0.780. The van der Waals surface area contributed by atoms with E-state index in [2.05, 4.69) is 8.37 Å². The van der Waals surface area contributed by atoms with E-state index in [1.54, 1.807) is 0 Å². The Hall–Kier alpha value is -0.210. The lowest BCUT2D eigenvalue weighted by Gasteiger charge is -1.99. The van der Waals surface area contributed by atoms with Crippen LogP contribution in [-0.4, -0.2) is 54.7 Å². The molecule has 0 aromatic carbocycles. The van der Waals surface area contributed by atoms with Crippen molar-refractivity contribution in [1.82, 2.24) is 4.90 Å². The monoisotopic (exact) mass is 228 g/mol. The van der Waals surface area contributed by atoms with Crippen molar-refractivity contribution in [2.24, 2.45) is 5.73 Å². The smallest absolute Gasteiger partial charge is 0.330 e. The molecule has 0 unspecified atom stereocenters. The van der Waals surface area contributed by atoms with Crippen LogP contribution in [0.4, 0.5) is 0 Å². The predicted octanol–water partition coefficient (Wildman–Crippen LogP) is -0.579. The van der Waals surface area contributed by atoms with E-state index in [9.17, 15) is 8.42 Å². The number of hydrogen-bond donors (Lipinski definition) is 1. The zero-order chi connectivity index (χ0) is 11.6. The van der Waals surface area contributed by atoms with Crippen LogP contribution in [0.5, 0.6) is 0 Å². The lowest BCUT2D eigenvalue weighted by atomic mass is 10.5. The van der Waals surface area contributed by atoms with Crippen molar-refractivity contribution in [2.75, 3.05) is 41.4 Å². The fourth-order valence-corrected chi connectivity index (χ4v) is 0.711. The molecule has 0 saturated carbocycles. The van der Waals surface area contributed by atoms with Gasteiger partial charge in [-0.05, 0) is 34.1 Å². The van der Waals surface area contributed by atoms with Crippen LogP contribution in [0.3, 0.4) is 0 Å². The van der Waals surface area contributed by atoms with E-state index in [-0.39, 0.29) is 6.61 Å². The Bertz CT molecular complexity index is 201. The number of rotatable bonds is 5. The maximum absolute atomic E-state index is 10.4. The molecule has 7 heteroatoms. The topological polar surface area (TPSA) is 81.9 Å². The summed E-state index contributed by atoms with van der Waals surface area (Å²) in [6, 6.07) is 0. The average molecular weight is 228 g/mol. The summed E-state index contributed by atoms with van der Waals surface area (Å²) in [6.07, 6.45) is 0.503.